The van der Waals surface area contributed by atoms with Crippen LogP contribution < -0.4 is 4.74 Å². The van der Waals surface area contributed by atoms with Gasteiger partial charge in [0.1, 0.15) is 5.75 Å². The van der Waals surface area contributed by atoms with Crippen molar-refractivity contribution in [1.82, 2.24) is 9.78 Å². The van der Waals surface area contributed by atoms with Crippen molar-refractivity contribution in [2.24, 2.45) is 0 Å². The molecule has 1 aromatic carbocycles. The second kappa shape index (κ2) is 5.45. The molecule has 0 aliphatic carbocycles. The number of halogens is 1. The van der Waals surface area contributed by atoms with Gasteiger partial charge in [0.15, 0.2) is 0 Å². The van der Waals surface area contributed by atoms with E-state index in [4.69, 9.17) is 10.00 Å². The maximum Gasteiger partial charge on any atom is 0.124 e. The van der Waals surface area contributed by atoms with Gasteiger partial charge in [-0.1, -0.05) is 0 Å². The number of methoxy groups -OCH3 is 1. The summed E-state index contributed by atoms with van der Waals surface area (Å²) < 4.78 is 8.25. The van der Waals surface area contributed by atoms with Crippen LogP contribution in [0.3, 0.4) is 0 Å². The van der Waals surface area contributed by atoms with E-state index in [0.717, 1.165) is 27.2 Å². The quantitative estimate of drug-likeness (QED) is 0.873. The second-order valence-electron chi connectivity index (χ2n) is 4.28. The van der Waals surface area contributed by atoms with Crippen molar-refractivity contribution in [1.29, 1.82) is 5.26 Å². The van der Waals surface area contributed by atoms with E-state index in [1.165, 1.54) is 0 Å². The first-order chi connectivity index (χ1) is 9.06. The number of rotatable bonds is 3. The minimum absolute atomic E-state index is 0.580. The third-order valence-corrected chi connectivity index (χ3v) is 4.17. The molecule has 1 heterocycles. The van der Waals surface area contributed by atoms with Crippen molar-refractivity contribution in [3.63, 3.8) is 0 Å². The Morgan fingerprint density at radius 1 is 1.42 bits per heavy atom. The first-order valence-corrected chi connectivity index (χ1v) is 6.62. The Kier molecular flexibility index (Phi) is 3.91. The van der Waals surface area contributed by atoms with E-state index in [2.05, 4.69) is 27.1 Å². The van der Waals surface area contributed by atoms with E-state index in [1.807, 2.05) is 30.7 Å². The van der Waals surface area contributed by atoms with Crippen molar-refractivity contribution in [2.45, 2.75) is 20.4 Å². The molecule has 4 nitrogen and oxygen atoms in total. The van der Waals surface area contributed by atoms with Crippen LogP contribution in [0.5, 0.6) is 5.75 Å². The molecule has 2 aromatic rings. The van der Waals surface area contributed by atoms with E-state index < -0.39 is 0 Å². The standard InChI is InChI=1S/C14H14BrN3O/c1-9-14(15)10(2)18(17-9)8-12-6-11(7-16)4-5-13(12)19-3/h4-6H,8H2,1-3H3. The topological polar surface area (TPSA) is 50.8 Å². The lowest BCUT2D eigenvalue weighted by Crippen LogP contribution is -2.06. The van der Waals surface area contributed by atoms with Gasteiger partial charge in [0.2, 0.25) is 0 Å². The summed E-state index contributed by atoms with van der Waals surface area (Å²) in [6.07, 6.45) is 0. The van der Waals surface area contributed by atoms with Gasteiger partial charge in [-0.3, -0.25) is 4.68 Å². The molecule has 0 spiro atoms. The Labute approximate surface area is 120 Å². The van der Waals surface area contributed by atoms with Gasteiger partial charge in [-0.15, -0.1) is 0 Å². The first kappa shape index (κ1) is 13.6. The van der Waals surface area contributed by atoms with Crippen LogP contribution in [0.15, 0.2) is 22.7 Å². The Bertz CT molecular complexity index is 655. The van der Waals surface area contributed by atoms with Gasteiger partial charge in [-0.05, 0) is 48.0 Å². The molecule has 0 saturated heterocycles. The zero-order valence-corrected chi connectivity index (χ0v) is 12.7. The van der Waals surface area contributed by atoms with Crippen LogP contribution >= 0.6 is 15.9 Å². The molecule has 0 aliphatic rings. The third-order valence-electron chi connectivity index (χ3n) is 3.02. The zero-order chi connectivity index (χ0) is 14.0. The number of aryl methyl sites for hydroxylation is 1. The van der Waals surface area contributed by atoms with Crippen LogP contribution in [0, 0.1) is 25.2 Å². The fraction of sp³-hybridized carbons (Fsp3) is 0.286. The largest absolute Gasteiger partial charge is 0.496 e. The number of ether oxygens (including phenoxy) is 1. The molecule has 0 atom stereocenters. The molecule has 0 N–H and O–H groups in total. The lowest BCUT2D eigenvalue weighted by atomic mass is 10.1. The average Bonchev–Trinajstić information content (AvgIpc) is 2.66. The first-order valence-electron chi connectivity index (χ1n) is 5.83. The summed E-state index contributed by atoms with van der Waals surface area (Å²) in [7, 11) is 1.63. The van der Waals surface area contributed by atoms with Crippen molar-refractivity contribution >= 4 is 15.9 Å². The monoisotopic (exact) mass is 319 g/mol. The Morgan fingerprint density at radius 2 is 2.16 bits per heavy atom. The van der Waals surface area contributed by atoms with Gasteiger partial charge in [0.25, 0.3) is 0 Å². The van der Waals surface area contributed by atoms with Crippen molar-refractivity contribution in [3.05, 3.63) is 45.2 Å². The van der Waals surface area contributed by atoms with Crippen LogP contribution in [0.25, 0.3) is 0 Å². The van der Waals surface area contributed by atoms with Gasteiger partial charge >= 0.3 is 0 Å². The lowest BCUT2D eigenvalue weighted by molar-refractivity contribution is 0.407. The van der Waals surface area contributed by atoms with Crippen LogP contribution in [0.1, 0.15) is 22.5 Å². The number of nitriles is 1. The van der Waals surface area contributed by atoms with Crippen molar-refractivity contribution in [2.75, 3.05) is 7.11 Å². The van der Waals surface area contributed by atoms with E-state index in [0.29, 0.717) is 12.1 Å². The highest BCUT2D eigenvalue weighted by Crippen LogP contribution is 2.24. The van der Waals surface area contributed by atoms with Crippen LogP contribution in [-0.4, -0.2) is 16.9 Å². The SMILES string of the molecule is COc1ccc(C#N)cc1Cn1nc(C)c(Br)c1C. The number of nitrogens with zero attached hydrogens (tertiary/aromatic N) is 3. The fourth-order valence-electron chi connectivity index (χ4n) is 1.96. The summed E-state index contributed by atoms with van der Waals surface area (Å²) in [5.74, 6) is 0.766. The van der Waals surface area contributed by atoms with E-state index >= 15 is 0 Å². The fourth-order valence-corrected chi connectivity index (χ4v) is 2.25. The molecule has 0 unspecified atom stereocenters. The minimum Gasteiger partial charge on any atom is -0.496 e. The van der Waals surface area contributed by atoms with Crippen LogP contribution in [0.4, 0.5) is 0 Å². The Morgan fingerprint density at radius 3 is 2.68 bits per heavy atom. The molecular weight excluding hydrogens is 306 g/mol. The second-order valence-corrected chi connectivity index (χ2v) is 5.07. The molecule has 0 aliphatic heterocycles. The normalized spacial score (nSPS) is 10.3. The molecule has 0 saturated carbocycles. The predicted molar refractivity (Wildman–Crippen MR) is 76.2 cm³/mol. The van der Waals surface area contributed by atoms with Crippen LogP contribution in [-0.2, 0) is 6.54 Å². The summed E-state index contributed by atoms with van der Waals surface area (Å²) in [6, 6.07) is 7.54. The highest BCUT2D eigenvalue weighted by atomic mass is 79.9. The highest BCUT2D eigenvalue weighted by molar-refractivity contribution is 9.10. The minimum atomic E-state index is 0.580. The van der Waals surface area contributed by atoms with E-state index in [1.54, 1.807) is 13.2 Å². The van der Waals surface area contributed by atoms with Crippen molar-refractivity contribution < 1.29 is 4.74 Å². The number of hydrogen-bond donors (Lipinski definition) is 0. The molecule has 5 heteroatoms. The smallest absolute Gasteiger partial charge is 0.124 e. The van der Waals surface area contributed by atoms with Crippen LogP contribution in [0.2, 0.25) is 0 Å². The molecule has 0 fully saturated rings. The maximum absolute atomic E-state index is 8.97. The molecule has 0 radical (unpaired) electrons. The molecule has 19 heavy (non-hydrogen) atoms. The zero-order valence-electron chi connectivity index (χ0n) is 11.1. The summed E-state index contributed by atoms with van der Waals surface area (Å²) in [5.41, 5.74) is 3.57. The van der Waals surface area contributed by atoms with Gasteiger partial charge in [-0.2, -0.15) is 10.4 Å². The Balaban J connectivity index is 2.42. The van der Waals surface area contributed by atoms with Crippen molar-refractivity contribution in [3.8, 4) is 11.8 Å². The number of hydrogen-bond acceptors (Lipinski definition) is 3. The highest BCUT2D eigenvalue weighted by Gasteiger charge is 2.11. The Hall–Kier alpha value is -1.80. The average molecular weight is 320 g/mol. The molecular formula is C14H14BrN3O. The lowest BCUT2D eigenvalue weighted by Gasteiger charge is -2.10. The van der Waals surface area contributed by atoms with Gasteiger partial charge in [0.05, 0.1) is 41.1 Å². The third kappa shape index (κ3) is 2.64. The van der Waals surface area contributed by atoms with Gasteiger partial charge in [-0.25, -0.2) is 0 Å². The molecule has 1 aromatic heterocycles. The molecule has 2 rings (SSSR count). The van der Waals surface area contributed by atoms with Gasteiger partial charge in [0, 0.05) is 5.56 Å². The molecule has 0 amide bonds. The number of benzene rings is 1. The summed E-state index contributed by atoms with van der Waals surface area (Å²) >= 11 is 3.51. The summed E-state index contributed by atoms with van der Waals surface area (Å²) in [6.45, 7) is 4.54. The molecule has 98 valence electrons. The van der Waals surface area contributed by atoms with Gasteiger partial charge < -0.3 is 4.74 Å². The summed E-state index contributed by atoms with van der Waals surface area (Å²) in [4.78, 5) is 0. The molecule has 0 bridgehead atoms. The van der Waals surface area contributed by atoms with E-state index in [-0.39, 0.29) is 0 Å². The maximum atomic E-state index is 8.97. The summed E-state index contributed by atoms with van der Waals surface area (Å²) in [5, 5.41) is 13.4. The van der Waals surface area contributed by atoms with E-state index in [9.17, 15) is 0 Å². The predicted octanol–water partition coefficient (Wildman–Crippen LogP) is 3.19. The number of aromatic nitrogens is 2.